The van der Waals surface area contributed by atoms with Gasteiger partial charge >= 0.3 is 5.97 Å². The van der Waals surface area contributed by atoms with Crippen molar-refractivity contribution in [3.63, 3.8) is 0 Å². The van der Waals surface area contributed by atoms with Gasteiger partial charge in [0.25, 0.3) is 0 Å². The van der Waals surface area contributed by atoms with Gasteiger partial charge in [-0.05, 0) is 11.3 Å². The van der Waals surface area contributed by atoms with Gasteiger partial charge in [0.2, 0.25) is 11.6 Å². The summed E-state index contributed by atoms with van der Waals surface area (Å²) in [6.45, 7) is 0.192. The van der Waals surface area contributed by atoms with Crippen LogP contribution in [0.1, 0.15) is 16.1 Å². The molecule has 0 spiro atoms. The van der Waals surface area contributed by atoms with E-state index < -0.39 is 5.97 Å². The van der Waals surface area contributed by atoms with Crippen LogP contribution in [-0.2, 0) is 6.54 Å². The maximum Gasteiger partial charge on any atom is 0.372 e. The summed E-state index contributed by atoms with van der Waals surface area (Å²) >= 11 is 0. The monoisotopic (exact) mass is 270 g/mol. The minimum atomic E-state index is -1.12. The fraction of sp³-hybridized carbons (Fsp3) is 0.0769. The summed E-state index contributed by atoms with van der Waals surface area (Å²) in [6.07, 6.45) is 1.33. The molecular formula is C13H10N4O3. The molecule has 2 heterocycles. The summed E-state index contributed by atoms with van der Waals surface area (Å²) in [5.41, 5.74) is 1.35. The highest BCUT2D eigenvalue weighted by atomic mass is 16.4. The van der Waals surface area contributed by atoms with E-state index in [9.17, 15) is 4.79 Å². The van der Waals surface area contributed by atoms with Crippen LogP contribution in [0.3, 0.4) is 0 Å². The Morgan fingerprint density at radius 1 is 1.25 bits per heavy atom. The van der Waals surface area contributed by atoms with Gasteiger partial charge < -0.3 is 9.52 Å². The van der Waals surface area contributed by atoms with Crippen LogP contribution in [0.5, 0.6) is 0 Å². The predicted octanol–water partition coefficient (Wildman–Crippen LogP) is 1.68. The van der Waals surface area contributed by atoms with Gasteiger partial charge in [0.15, 0.2) is 0 Å². The highest BCUT2D eigenvalue weighted by Crippen LogP contribution is 2.14. The van der Waals surface area contributed by atoms with E-state index in [0.29, 0.717) is 11.4 Å². The number of carboxylic acid groups (broad SMARTS) is 1. The zero-order chi connectivity index (χ0) is 13.9. The average molecular weight is 270 g/mol. The molecule has 3 rings (SSSR count). The number of rotatable bonds is 4. The average Bonchev–Trinajstić information content (AvgIpc) is 3.09. The number of hydrogen-bond donors (Lipinski definition) is 1. The lowest BCUT2D eigenvalue weighted by Crippen LogP contribution is -2.07. The maximum absolute atomic E-state index is 10.9. The molecule has 0 amide bonds. The third-order valence-electron chi connectivity index (χ3n) is 2.74. The fourth-order valence-corrected chi connectivity index (χ4v) is 1.81. The second-order valence-electron chi connectivity index (χ2n) is 4.09. The third kappa shape index (κ3) is 2.28. The Morgan fingerprint density at radius 2 is 2.05 bits per heavy atom. The molecule has 7 nitrogen and oxygen atoms in total. The number of benzene rings is 1. The summed E-state index contributed by atoms with van der Waals surface area (Å²) in [6, 6.07) is 11.0. The van der Waals surface area contributed by atoms with E-state index in [2.05, 4.69) is 15.4 Å². The van der Waals surface area contributed by atoms with Crippen LogP contribution in [-0.4, -0.2) is 31.3 Å². The van der Waals surface area contributed by atoms with Gasteiger partial charge in [-0.1, -0.05) is 30.3 Å². The summed E-state index contributed by atoms with van der Waals surface area (Å²) in [7, 11) is 0. The van der Waals surface area contributed by atoms with Crippen LogP contribution in [0.2, 0.25) is 0 Å². The van der Waals surface area contributed by atoms with E-state index in [1.807, 2.05) is 30.3 Å². The number of nitrogens with zero attached hydrogens (tertiary/aromatic N) is 4. The Balaban J connectivity index is 1.84. The first-order chi connectivity index (χ1) is 9.74. The van der Waals surface area contributed by atoms with Crippen LogP contribution in [0, 0.1) is 0 Å². The standard InChI is InChI=1S/C13H10N4O3/c18-13(19)11-10(6-7-20-11)8-17-15-12(14-16-17)9-4-2-1-3-5-9/h1-7H,8H2,(H,18,19). The number of carboxylic acids is 1. The summed E-state index contributed by atoms with van der Waals surface area (Å²) < 4.78 is 4.90. The van der Waals surface area contributed by atoms with Gasteiger partial charge in [-0.3, -0.25) is 0 Å². The summed E-state index contributed by atoms with van der Waals surface area (Å²) in [5.74, 6) is -0.733. The number of carbonyl (C=O) groups is 1. The number of aromatic nitrogens is 4. The Kier molecular flexibility index (Phi) is 3.00. The van der Waals surface area contributed by atoms with E-state index in [0.717, 1.165) is 5.56 Å². The highest BCUT2D eigenvalue weighted by Gasteiger charge is 2.15. The molecule has 0 bridgehead atoms. The molecule has 3 aromatic rings. The second-order valence-corrected chi connectivity index (χ2v) is 4.09. The smallest absolute Gasteiger partial charge is 0.372 e. The van der Waals surface area contributed by atoms with Crippen molar-refractivity contribution in [1.29, 1.82) is 0 Å². The minimum absolute atomic E-state index is 0.108. The zero-order valence-electron chi connectivity index (χ0n) is 10.3. The van der Waals surface area contributed by atoms with Crippen molar-refractivity contribution in [3.8, 4) is 11.4 Å². The number of hydrogen-bond acceptors (Lipinski definition) is 5. The van der Waals surface area contributed by atoms with Crippen LogP contribution in [0.15, 0.2) is 47.1 Å². The molecule has 0 aliphatic rings. The van der Waals surface area contributed by atoms with Crippen molar-refractivity contribution >= 4 is 5.97 Å². The molecule has 0 unspecified atom stereocenters. The minimum Gasteiger partial charge on any atom is -0.475 e. The third-order valence-corrected chi connectivity index (χ3v) is 2.74. The fourth-order valence-electron chi connectivity index (χ4n) is 1.81. The van der Waals surface area contributed by atoms with Crippen molar-refractivity contribution in [2.75, 3.05) is 0 Å². The normalized spacial score (nSPS) is 10.6. The molecule has 100 valence electrons. The van der Waals surface area contributed by atoms with Crippen molar-refractivity contribution in [3.05, 3.63) is 54.0 Å². The molecule has 20 heavy (non-hydrogen) atoms. The molecule has 0 aliphatic heterocycles. The number of tetrazole rings is 1. The van der Waals surface area contributed by atoms with E-state index in [-0.39, 0.29) is 12.3 Å². The van der Waals surface area contributed by atoms with Crippen molar-refractivity contribution in [2.24, 2.45) is 0 Å². The first-order valence-corrected chi connectivity index (χ1v) is 5.87. The number of furan rings is 1. The summed E-state index contributed by atoms with van der Waals surface area (Å²) in [5, 5.41) is 21.0. The first kappa shape index (κ1) is 12.1. The lowest BCUT2D eigenvalue weighted by molar-refractivity contribution is 0.0660. The van der Waals surface area contributed by atoms with Gasteiger partial charge in [0.05, 0.1) is 12.8 Å². The van der Waals surface area contributed by atoms with Crippen LogP contribution < -0.4 is 0 Å². The second kappa shape index (κ2) is 4.96. The number of aromatic carboxylic acids is 1. The Labute approximate surface area is 113 Å². The molecule has 1 aromatic carbocycles. The van der Waals surface area contributed by atoms with Crippen LogP contribution >= 0.6 is 0 Å². The lowest BCUT2D eigenvalue weighted by Gasteiger charge is -1.97. The Hall–Kier alpha value is -2.96. The van der Waals surface area contributed by atoms with Crippen molar-refractivity contribution in [2.45, 2.75) is 6.54 Å². The Morgan fingerprint density at radius 3 is 2.80 bits per heavy atom. The molecule has 0 fully saturated rings. The molecule has 0 saturated heterocycles. The van der Waals surface area contributed by atoms with Gasteiger partial charge in [-0.2, -0.15) is 4.80 Å². The van der Waals surface area contributed by atoms with E-state index >= 15 is 0 Å². The highest BCUT2D eigenvalue weighted by molar-refractivity contribution is 5.86. The molecule has 0 aliphatic carbocycles. The predicted molar refractivity (Wildman–Crippen MR) is 68.0 cm³/mol. The largest absolute Gasteiger partial charge is 0.475 e. The van der Waals surface area contributed by atoms with Crippen LogP contribution in [0.4, 0.5) is 0 Å². The first-order valence-electron chi connectivity index (χ1n) is 5.87. The van der Waals surface area contributed by atoms with Crippen molar-refractivity contribution < 1.29 is 14.3 Å². The molecule has 0 radical (unpaired) electrons. The molecule has 0 atom stereocenters. The maximum atomic E-state index is 10.9. The SMILES string of the molecule is O=C(O)c1occc1Cn1nnc(-c2ccccc2)n1. The molecular weight excluding hydrogens is 260 g/mol. The molecule has 2 aromatic heterocycles. The van der Waals surface area contributed by atoms with E-state index in [1.165, 1.54) is 11.1 Å². The van der Waals surface area contributed by atoms with Gasteiger partial charge in [-0.25, -0.2) is 4.79 Å². The van der Waals surface area contributed by atoms with Gasteiger partial charge in [0, 0.05) is 11.1 Å². The van der Waals surface area contributed by atoms with Crippen molar-refractivity contribution in [1.82, 2.24) is 20.2 Å². The van der Waals surface area contributed by atoms with E-state index in [4.69, 9.17) is 9.52 Å². The topological polar surface area (TPSA) is 94.0 Å². The zero-order valence-corrected chi connectivity index (χ0v) is 10.3. The van der Waals surface area contributed by atoms with Gasteiger partial charge in [0.1, 0.15) is 0 Å². The molecule has 0 saturated carbocycles. The molecule has 1 N–H and O–H groups in total. The van der Waals surface area contributed by atoms with E-state index in [1.54, 1.807) is 6.07 Å². The quantitative estimate of drug-likeness (QED) is 0.775. The molecule has 7 heteroatoms. The summed E-state index contributed by atoms with van der Waals surface area (Å²) in [4.78, 5) is 12.3. The Bertz CT molecular complexity index is 733. The van der Waals surface area contributed by atoms with Crippen LogP contribution in [0.25, 0.3) is 11.4 Å². The van der Waals surface area contributed by atoms with Gasteiger partial charge in [-0.15, -0.1) is 10.2 Å². The lowest BCUT2D eigenvalue weighted by atomic mass is 10.2.